The third-order valence-corrected chi connectivity index (χ3v) is 4.47. The van der Waals surface area contributed by atoms with E-state index in [4.69, 9.17) is 0 Å². The summed E-state index contributed by atoms with van der Waals surface area (Å²) in [6.07, 6.45) is 3.26. The number of benzene rings is 1. The van der Waals surface area contributed by atoms with Crippen molar-refractivity contribution < 1.29 is 4.79 Å². The average molecular weight is 295 g/mol. The van der Waals surface area contributed by atoms with Gasteiger partial charge in [0.2, 0.25) is 0 Å². The standard InChI is InChI=1S/C18H21N3O/c1-21(2)15-9-7-13(8-10-15)18(14(11-19)12-20)16-5-3-4-6-17(16)22/h7-10,14,16,18H,3-6H2,1-2H3. The van der Waals surface area contributed by atoms with E-state index in [1.165, 1.54) is 0 Å². The monoisotopic (exact) mass is 295 g/mol. The zero-order valence-corrected chi connectivity index (χ0v) is 13.1. The number of ketones is 1. The Kier molecular flexibility index (Phi) is 5.17. The summed E-state index contributed by atoms with van der Waals surface area (Å²) in [5.41, 5.74) is 1.97. The molecule has 22 heavy (non-hydrogen) atoms. The van der Waals surface area contributed by atoms with E-state index in [0.29, 0.717) is 6.42 Å². The number of hydrogen-bond donors (Lipinski definition) is 0. The third kappa shape index (κ3) is 3.28. The van der Waals surface area contributed by atoms with E-state index < -0.39 is 5.92 Å². The highest BCUT2D eigenvalue weighted by Gasteiger charge is 2.36. The lowest BCUT2D eigenvalue weighted by molar-refractivity contribution is -0.125. The van der Waals surface area contributed by atoms with Crippen LogP contribution in [-0.2, 0) is 4.79 Å². The Labute approximate surface area is 132 Å². The van der Waals surface area contributed by atoms with E-state index >= 15 is 0 Å². The predicted molar refractivity (Wildman–Crippen MR) is 85.2 cm³/mol. The lowest BCUT2D eigenvalue weighted by Gasteiger charge is -2.30. The molecule has 1 aliphatic rings. The lowest BCUT2D eigenvalue weighted by atomic mass is 9.71. The van der Waals surface area contributed by atoms with Crippen LogP contribution in [0.1, 0.15) is 37.2 Å². The zero-order chi connectivity index (χ0) is 16.1. The molecule has 0 amide bonds. The van der Waals surface area contributed by atoms with E-state index in [-0.39, 0.29) is 17.6 Å². The molecule has 0 bridgehead atoms. The molecular weight excluding hydrogens is 274 g/mol. The van der Waals surface area contributed by atoms with Crippen LogP contribution in [0.15, 0.2) is 24.3 Å². The summed E-state index contributed by atoms with van der Waals surface area (Å²) in [5.74, 6) is -1.11. The Morgan fingerprint density at radius 2 is 1.77 bits per heavy atom. The van der Waals surface area contributed by atoms with Crippen molar-refractivity contribution in [2.24, 2.45) is 11.8 Å². The lowest BCUT2D eigenvalue weighted by Crippen LogP contribution is -2.29. The fourth-order valence-electron chi connectivity index (χ4n) is 3.23. The van der Waals surface area contributed by atoms with Crippen LogP contribution in [0.2, 0.25) is 0 Å². The average Bonchev–Trinajstić information content (AvgIpc) is 2.53. The van der Waals surface area contributed by atoms with E-state index in [1.54, 1.807) is 0 Å². The normalized spacial score (nSPS) is 19.3. The van der Waals surface area contributed by atoms with Gasteiger partial charge in [0.15, 0.2) is 0 Å². The van der Waals surface area contributed by atoms with Gasteiger partial charge in [0.1, 0.15) is 11.7 Å². The fraction of sp³-hybridized carbons (Fsp3) is 0.500. The maximum Gasteiger partial charge on any atom is 0.140 e. The van der Waals surface area contributed by atoms with Gasteiger partial charge in [0.05, 0.1) is 12.1 Å². The van der Waals surface area contributed by atoms with Gasteiger partial charge in [-0.1, -0.05) is 18.6 Å². The number of rotatable bonds is 4. The minimum atomic E-state index is -0.780. The first-order chi connectivity index (χ1) is 10.6. The first-order valence-electron chi connectivity index (χ1n) is 7.67. The molecule has 1 saturated carbocycles. The first-order valence-corrected chi connectivity index (χ1v) is 7.67. The Bertz CT molecular complexity index is 593. The summed E-state index contributed by atoms with van der Waals surface area (Å²) >= 11 is 0. The summed E-state index contributed by atoms with van der Waals surface area (Å²) in [5, 5.41) is 18.7. The van der Waals surface area contributed by atoms with Gasteiger partial charge in [-0.15, -0.1) is 0 Å². The summed E-state index contributed by atoms with van der Waals surface area (Å²) in [6.45, 7) is 0. The van der Waals surface area contributed by atoms with Gasteiger partial charge in [0.25, 0.3) is 0 Å². The van der Waals surface area contributed by atoms with E-state index in [1.807, 2.05) is 43.3 Å². The number of carbonyl (C=O) groups excluding carboxylic acids is 1. The van der Waals surface area contributed by atoms with Crippen molar-refractivity contribution in [2.45, 2.75) is 31.6 Å². The second-order valence-electron chi connectivity index (χ2n) is 6.07. The molecular formula is C18H21N3O. The summed E-state index contributed by atoms with van der Waals surface area (Å²) in [4.78, 5) is 14.3. The Balaban J connectivity index is 2.38. The van der Waals surface area contributed by atoms with Crippen LogP contribution in [0.3, 0.4) is 0 Å². The first kappa shape index (κ1) is 16.0. The molecule has 4 nitrogen and oxygen atoms in total. The second kappa shape index (κ2) is 7.09. The minimum Gasteiger partial charge on any atom is -0.378 e. The molecule has 2 rings (SSSR count). The quantitative estimate of drug-likeness (QED) is 0.855. The molecule has 114 valence electrons. The van der Waals surface area contributed by atoms with Crippen LogP contribution in [0.5, 0.6) is 0 Å². The van der Waals surface area contributed by atoms with Crippen LogP contribution >= 0.6 is 0 Å². The van der Waals surface area contributed by atoms with Gasteiger partial charge < -0.3 is 4.90 Å². The highest BCUT2D eigenvalue weighted by atomic mass is 16.1. The maximum atomic E-state index is 12.3. The van der Waals surface area contributed by atoms with Gasteiger partial charge in [-0.2, -0.15) is 10.5 Å². The maximum absolute atomic E-state index is 12.3. The van der Waals surface area contributed by atoms with Crippen LogP contribution in [0.25, 0.3) is 0 Å². The topological polar surface area (TPSA) is 67.9 Å². The largest absolute Gasteiger partial charge is 0.378 e. The van der Waals surface area contributed by atoms with Gasteiger partial charge >= 0.3 is 0 Å². The van der Waals surface area contributed by atoms with Crippen molar-refractivity contribution in [2.75, 3.05) is 19.0 Å². The molecule has 0 N–H and O–H groups in total. The van der Waals surface area contributed by atoms with E-state index in [0.717, 1.165) is 30.5 Å². The van der Waals surface area contributed by atoms with Crippen LogP contribution in [-0.4, -0.2) is 19.9 Å². The SMILES string of the molecule is CN(C)c1ccc(C(C(C#N)C#N)C2CCCCC2=O)cc1. The van der Waals surface area contributed by atoms with Gasteiger partial charge in [-0.25, -0.2) is 0 Å². The number of nitrogens with zero attached hydrogens (tertiary/aromatic N) is 3. The number of Topliss-reactive ketones (excluding diaryl/α,β-unsaturated/α-hetero) is 1. The highest BCUT2D eigenvalue weighted by Crippen LogP contribution is 2.39. The van der Waals surface area contributed by atoms with Gasteiger partial charge in [0, 0.05) is 38.0 Å². The molecule has 1 fully saturated rings. The van der Waals surface area contributed by atoms with Crippen molar-refractivity contribution in [3.05, 3.63) is 29.8 Å². The Morgan fingerprint density at radius 1 is 1.14 bits per heavy atom. The molecule has 2 atom stereocenters. The highest BCUT2D eigenvalue weighted by molar-refractivity contribution is 5.82. The van der Waals surface area contributed by atoms with E-state index in [9.17, 15) is 15.3 Å². The second-order valence-corrected chi connectivity index (χ2v) is 6.07. The number of carbonyl (C=O) groups is 1. The zero-order valence-electron chi connectivity index (χ0n) is 13.1. The minimum absolute atomic E-state index is 0.198. The molecule has 0 spiro atoms. The predicted octanol–water partition coefficient (Wildman–Crippen LogP) is 3.26. The summed E-state index contributed by atoms with van der Waals surface area (Å²) in [6, 6.07) is 12.0. The molecule has 0 heterocycles. The van der Waals surface area contributed by atoms with Crippen molar-refractivity contribution in [1.82, 2.24) is 0 Å². The number of anilines is 1. The number of hydrogen-bond acceptors (Lipinski definition) is 4. The van der Waals surface area contributed by atoms with Crippen LogP contribution in [0, 0.1) is 34.5 Å². The van der Waals surface area contributed by atoms with Gasteiger partial charge in [-0.3, -0.25) is 4.79 Å². The van der Waals surface area contributed by atoms with Crippen molar-refractivity contribution in [3.63, 3.8) is 0 Å². The van der Waals surface area contributed by atoms with E-state index in [2.05, 4.69) is 12.1 Å². The van der Waals surface area contributed by atoms with Crippen molar-refractivity contribution in [1.29, 1.82) is 10.5 Å². The molecule has 0 aliphatic heterocycles. The summed E-state index contributed by atoms with van der Waals surface area (Å²) < 4.78 is 0. The fourth-order valence-corrected chi connectivity index (χ4v) is 3.23. The third-order valence-electron chi connectivity index (χ3n) is 4.47. The Morgan fingerprint density at radius 3 is 2.27 bits per heavy atom. The number of nitriles is 2. The van der Waals surface area contributed by atoms with Crippen LogP contribution < -0.4 is 4.90 Å². The molecule has 0 saturated heterocycles. The molecule has 2 unspecified atom stereocenters. The van der Waals surface area contributed by atoms with Crippen molar-refractivity contribution >= 4 is 11.5 Å². The molecule has 1 aromatic rings. The van der Waals surface area contributed by atoms with Gasteiger partial charge in [-0.05, 0) is 30.5 Å². The molecule has 1 aromatic carbocycles. The van der Waals surface area contributed by atoms with Crippen LogP contribution in [0.4, 0.5) is 5.69 Å². The summed E-state index contributed by atoms with van der Waals surface area (Å²) in [7, 11) is 3.93. The van der Waals surface area contributed by atoms with Crippen molar-refractivity contribution in [3.8, 4) is 12.1 Å². The molecule has 0 aromatic heterocycles. The smallest absolute Gasteiger partial charge is 0.140 e. The molecule has 1 aliphatic carbocycles. The molecule has 0 radical (unpaired) electrons. The Hall–Kier alpha value is -2.33. The molecule has 4 heteroatoms.